The number of hydrogen-bond acceptors (Lipinski definition) is 3. The zero-order chi connectivity index (χ0) is 4.83. The Morgan fingerprint density at radius 3 is 2.83 bits per heavy atom. The van der Waals surface area contributed by atoms with Gasteiger partial charge in [-0.25, -0.2) is 0 Å². The van der Waals surface area contributed by atoms with Gasteiger partial charge in [0.25, 0.3) is 0 Å². The van der Waals surface area contributed by atoms with Crippen LogP contribution >= 0.6 is 0 Å². The van der Waals surface area contributed by atoms with Gasteiger partial charge in [0.15, 0.2) is 0 Å². The second-order valence-electron chi connectivity index (χ2n) is 0.753. The molecular formula is C3H7NO2. The van der Waals surface area contributed by atoms with E-state index in [0.29, 0.717) is 6.61 Å². The number of hydrogen-bond donors (Lipinski definition) is 1. The Bertz CT molecular complexity index is 44.1. The van der Waals surface area contributed by atoms with Gasteiger partial charge in [-0.05, 0) is 0 Å². The van der Waals surface area contributed by atoms with Crippen molar-refractivity contribution < 1.29 is 9.94 Å². The first-order chi connectivity index (χ1) is 2.91. The second-order valence-corrected chi connectivity index (χ2v) is 0.753. The Balaban J connectivity index is 2.66. The van der Waals surface area contributed by atoms with Crippen molar-refractivity contribution in [3.63, 3.8) is 0 Å². The molecule has 0 rings (SSSR count). The third-order valence-corrected chi connectivity index (χ3v) is 0.323. The third kappa shape index (κ3) is 3.43. The Kier molecular flexibility index (Phi) is 4.01. The van der Waals surface area contributed by atoms with Crippen molar-refractivity contribution >= 4 is 6.21 Å². The summed E-state index contributed by atoms with van der Waals surface area (Å²) in [7, 11) is 1.53. The van der Waals surface area contributed by atoms with Crippen LogP contribution in [0.5, 0.6) is 0 Å². The lowest BCUT2D eigenvalue weighted by molar-refractivity contribution is 0.241. The molecule has 0 aromatic carbocycles. The molecule has 3 heteroatoms. The standard InChI is InChI=1S/C3H7NO2/c1-6-3-2-4-5/h2,5H,3H2,1H3/b4-2-. The zero-order valence-corrected chi connectivity index (χ0v) is 3.59. The normalized spacial score (nSPS) is 10.2. The lowest BCUT2D eigenvalue weighted by Gasteiger charge is -1.80. The van der Waals surface area contributed by atoms with Crippen LogP contribution in [0.1, 0.15) is 0 Å². The van der Waals surface area contributed by atoms with Gasteiger partial charge in [0.05, 0.1) is 12.8 Å². The average Bonchev–Trinajstić information content (AvgIpc) is 1.61. The predicted molar refractivity (Wildman–Crippen MR) is 22.2 cm³/mol. The molecule has 36 valence electrons. The van der Waals surface area contributed by atoms with Crippen LogP contribution in [0.15, 0.2) is 5.16 Å². The summed E-state index contributed by atoms with van der Waals surface area (Å²) in [4.78, 5) is 0. The molecule has 0 aliphatic rings. The van der Waals surface area contributed by atoms with Gasteiger partial charge < -0.3 is 9.94 Å². The lowest BCUT2D eigenvalue weighted by Crippen LogP contribution is -1.86. The highest BCUT2D eigenvalue weighted by atomic mass is 16.5. The molecule has 0 aliphatic carbocycles. The molecule has 0 bridgehead atoms. The molecule has 0 heterocycles. The summed E-state index contributed by atoms with van der Waals surface area (Å²) in [6.07, 6.45) is 1.26. The molecule has 1 N–H and O–H groups in total. The summed E-state index contributed by atoms with van der Waals surface area (Å²) in [6, 6.07) is 0. The SMILES string of the molecule is COC/C=N\O. The molecule has 0 spiro atoms. The number of rotatable bonds is 2. The van der Waals surface area contributed by atoms with Crippen LogP contribution in [0.2, 0.25) is 0 Å². The van der Waals surface area contributed by atoms with Gasteiger partial charge in [-0.2, -0.15) is 0 Å². The van der Waals surface area contributed by atoms with Crippen LogP contribution in [0.3, 0.4) is 0 Å². The van der Waals surface area contributed by atoms with E-state index in [1.807, 2.05) is 0 Å². The van der Waals surface area contributed by atoms with Crippen LogP contribution in [0.25, 0.3) is 0 Å². The molecule has 6 heavy (non-hydrogen) atoms. The molecule has 0 radical (unpaired) electrons. The second kappa shape index (κ2) is 4.43. The van der Waals surface area contributed by atoms with E-state index in [-0.39, 0.29) is 0 Å². The van der Waals surface area contributed by atoms with Crippen molar-refractivity contribution in [1.29, 1.82) is 0 Å². The molecule has 0 aromatic heterocycles. The fraction of sp³-hybridized carbons (Fsp3) is 0.667. The quantitative estimate of drug-likeness (QED) is 0.296. The highest BCUT2D eigenvalue weighted by Gasteiger charge is 1.65. The lowest BCUT2D eigenvalue weighted by atomic mass is 10.8. The summed E-state index contributed by atoms with van der Waals surface area (Å²) >= 11 is 0. The monoisotopic (exact) mass is 89.0 g/mol. The van der Waals surface area contributed by atoms with Crippen molar-refractivity contribution in [2.75, 3.05) is 13.7 Å². The Labute approximate surface area is 36.2 Å². The van der Waals surface area contributed by atoms with Gasteiger partial charge >= 0.3 is 0 Å². The van der Waals surface area contributed by atoms with Gasteiger partial charge in [-0.15, -0.1) is 0 Å². The largest absolute Gasteiger partial charge is 0.411 e. The highest BCUT2D eigenvalue weighted by Crippen LogP contribution is 1.56. The van der Waals surface area contributed by atoms with Crippen LogP contribution in [-0.2, 0) is 4.74 Å². The molecule has 0 unspecified atom stereocenters. The van der Waals surface area contributed by atoms with Gasteiger partial charge in [0.1, 0.15) is 0 Å². The molecule has 0 atom stereocenters. The summed E-state index contributed by atoms with van der Waals surface area (Å²) in [6.45, 7) is 0.372. The Hall–Kier alpha value is -0.570. The molecule has 0 aliphatic heterocycles. The minimum atomic E-state index is 0.372. The van der Waals surface area contributed by atoms with Crippen molar-refractivity contribution in [2.24, 2.45) is 5.16 Å². The molecule has 0 fully saturated rings. The van der Waals surface area contributed by atoms with E-state index in [1.165, 1.54) is 13.3 Å². The Morgan fingerprint density at radius 2 is 2.67 bits per heavy atom. The van der Waals surface area contributed by atoms with Gasteiger partial charge in [-0.3, -0.25) is 0 Å². The van der Waals surface area contributed by atoms with Gasteiger partial charge in [0, 0.05) is 7.11 Å². The maximum absolute atomic E-state index is 7.69. The number of methoxy groups -OCH3 is 1. The molecule has 0 saturated heterocycles. The smallest absolute Gasteiger partial charge is 0.0848 e. The topological polar surface area (TPSA) is 41.8 Å². The fourth-order valence-electron chi connectivity index (χ4n) is 0.108. The highest BCUT2D eigenvalue weighted by molar-refractivity contribution is 5.57. The number of oxime groups is 1. The van der Waals surface area contributed by atoms with Crippen LogP contribution in [0, 0.1) is 0 Å². The van der Waals surface area contributed by atoms with E-state index < -0.39 is 0 Å². The van der Waals surface area contributed by atoms with Crippen molar-refractivity contribution in [1.82, 2.24) is 0 Å². The van der Waals surface area contributed by atoms with E-state index in [1.54, 1.807) is 0 Å². The fourth-order valence-corrected chi connectivity index (χ4v) is 0.108. The molecular weight excluding hydrogens is 82.0 g/mol. The van der Waals surface area contributed by atoms with E-state index in [2.05, 4.69) is 9.89 Å². The number of nitrogens with zero attached hydrogens (tertiary/aromatic N) is 1. The maximum atomic E-state index is 7.69. The molecule has 0 aromatic rings. The van der Waals surface area contributed by atoms with Crippen LogP contribution in [-0.4, -0.2) is 25.1 Å². The maximum Gasteiger partial charge on any atom is 0.0848 e. The Morgan fingerprint density at radius 1 is 2.00 bits per heavy atom. The number of ether oxygens (including phenoxy) is 1. The minimum Gasteiger partial charge on any atom is -0.411 e. The molecule has 3 nitrogen and oxygen atoms in total. The van der Waals surface area contributed by atoms with E-state index >= 15 is 0 Å². The van der Waals surface area contributed by atoms with E-state index in [4.69, 9.17) is 5.21 Å². The summed E-state index contributed by atoms with van der Waals surface area (Å²) in [5.74, 6) is 0. The first kappa shape index (κ1) is 5.43. The first-order valence-electron chi connectivity index (χ1n) is 1.56. The molecule has 0 amide bonds. The average molecular weight is 89.1 g/mol. The summed E-state index contributed by atoms with van der Waals surface area (Å²) in [5, 5.41) is 10.4. The van der Waals surface area contributed by atoms with Crippen LogP contribution < -0.4 is 0 Å². The van der Waals surface area contributed by atoms with Crippen LogP contribution in [0.4, 0.5) is 0 Å². The van der Waals surface area contributed by atoms with E-state index in [9.17, 15) is 0 Å². The predicted octanol–water partition coefficient (Wildman–Crippen LogP) is 0.0928. The van der Waals surface area contributed by atoms with Gasteiger partial charge in [0.2, 0.25) is 0 Å². The third-order valence-electron chi connectivity index (χ3n) is 0.323. The van der Waals surface area contributed by atoms with Crippen molar-refractivity contribution in [2.45, 2.75) is 0 Å². The van der Waals surface area contributed by atoms with Crippen molar-refractivity contribution in [3.05, 3.63) is 0 Å². The summed E-state index contributed by atoms with van der Waals surface area (Å²) in [5.41, 5.74) is 0. The summed E-state index contributed by atoms with van der Waals surface area (Å²) < 4.78 is 4.47. The molecule has 0 saturated carbocycles. The minimum absolute atomic E-state index is 0.372. The zero-order valence-electron chi connectivity index (χ0n) is 3.59. The van der Waals surface area contributed by atoms with E-state index in [0.717, 1.165) is 0 Å². The first-order valence-corrected chi connectivity index (χ1v) is 1.56. The van der Waals surface area contributed by atoms with Crippen molar-refractivity contribution in [3.8, 4) is 0 Å². The van der Waals surface area contributed by atoms with Gasteiger partial charge in [-0.1, -0.05) is 5.16 Å².